The fourth-order valence-corrected chi connectivity index (χ4v) is 2.93. The van der Waals surface area contributed by atoms with Crippen LogP contribution >= 0.6 is 15.9 Å². The average Bonchev–Trinajstić information content (AvgIpc) is 2.33. The Hall–Kier alpha value is -1.07. The topological polar surface area (TPSA) is 52.6 Å². The Labute approximate surface area is 121 Å². The summed E-state index contributed by atoms with van der Waals surface area (Å²) in [5.41, 5.74) is 1.26. The van der Waals surface area contributed by atoms with Gasteiger partial charge in [0.15, 0.2) is 0 Å². The SMILES string of the molecule is C[C@H](O)c1ccc(N2CCNC(=O)C2(C)C)c(Br)c1. The fourth-order valence-electron chi connectivity index (χ4n) is 2.32. The summed E-state index contributed by atoms with van der Waals surface area (Å²) in [4.78, 5) is 14.1. The quantitative estimate of drug-likeness (QED) is 0.876. The monoisotopic (exact) mass is 326 g/mol. The zero-order chi connectivity index (χ0) is 14.2. The highest BCUT2D eigenvalue weighted by molar-refractivity contribution is 9.10. The number of nitrogens with zero attached hydrogens (tertiary/aromatic N) is 1. The first-order chi connectivity index (χ1) is 8.84. The number of benzene rings is 1. The number of amides is 1. The van der Waals surface area contributed by atoms with E-state index in [0.29, 0.717) is 6.54 Å². The highest BCUT2D eigenvalue weighted by Gasteiger charge is 2.38. The molecule has 0 spiro atoms. The first-order valence-electron chi connectivity index (χ1n) is 6.37. The second kappa shape index (κ2) is 5.13. The van der Waals surface area contributed by atoms with Crippen LogP contribution in [0.1, 0.15) is 32.4 Å². The van der Waals surface area contributed by atoms with Crippen LogP contribution in [0, 0.1) is 0 Å². The van der Waals surface area contributed by atoms with E-state index in [4.69, 9.17) is 0 Å². The molecule has 1 heterocycles. The molecule has 0 unspecified atom stereocenters. The molecule has 4 nitrogen and oxygen atoms in total. The standard InChI is InChI=1S/C14H19BrN2O2/c1-9(18)10-4-5-12(11(15)8-10)17-7-6-16-13(19)14(17,2)3/h4-5,8-9,18H,6-7H2,1-3H3,(H,16,19)/t9-/m0/s1. The molecule has 1 amide bonds. The van der Waals surface area contributed by atoms with Crippen molar-refractivity contribution in [2.24, 2.45) is 0 Å². The maximum atomic E-state index is 12.0. The number of carbonyl (C=O) groups is 1. The summed E-state index contributed by atoms with van der Waals surface area (Å²) in [6.45, 7) is 6.98. The van der Waals surface area contributed by atoms with Crippen LogP contribution in [-0.4, -0.2) is 29.6 Å². The van der Waals surface area contributed by atoms with E-state index in [2.05, 4.69) is 26.1 Å². The van der Waals surface area contributed by atoms with Crippen molar-refractivity contribution in [3.63, 3.8) is 0 Å². The zero-order valence-corrected chi connectivity index (χ0v) is 13.0. The van der Waals surface area contributed by atoms with Crippen LogP contribution in [0.2, 0.25) is 0 Å². The van der Waals surface area contributed by atoms with Gasteiger partial charge >= 0.3 is 0 Å². The van der Waals surface area contributed by atoms with Crippen molar-refractivity contribution in [1.29, 1.82) is 0 Å². The van der Waals surface area contributed by atoms with Crippen molar-refractivity contribution in [2.75, 3.05) is 18.0 Å². The van der Waals surface area contributed by atoms with Crippen LogP contribution in [0.25, 0.3) is 0 Å². The highest BCUT2D eigenvalue weighted by atomic mass is 79.9. The lowest BCUT2D eigenvalue weighted by molar-refractivity contribution is -0.126. The van der Waals surface area contributed by atoms with E-state index in [1.165, 1.54) is 0 Å². The van der Waals surface area contributed by atoms with Crippen LogP contribution in [-0.2, 0) is 4.79 Å². The summed E-state index contributed by atoms with van der Waals surface area (Å²) in [6.07, 6.45) is -0.497. The normalized spacial score (nSPS) is 20.1. The Kier molecular flexibility index (Phi) is 3.87. The van der Waals surface area contributed by atoms with Gasteiger partial charge in [0, 0.05) is 17.6 Å². The smallest absolute Gasteiger partial charge is 0.245 e. The first kappa shape index (κ1) is 14.3. The summed E-state index contributed by atoms with van der Waals surface area (Å²) >= 11 is 3.54. The average molecular weight is 327 g/mol. The van der Waals surface area contributed by atoms with Gasteiger partial charge < -0.3 is 15.3 Å². The van der Waals surface area contributed by atoms with Gasteiger partial charge in [0.2, 0.25) is 5.91 Å². The summed E-state index contributed by atoms with van der Waals surface area (Å²) < 4.78 is 0.897. The zero-order valence-electron chi connectivity index (χ0n) is 11.4. The third-order valence-corrected chi connectivity index (χ3v) is 4.23. The van der Waals surface area contributed by atoms with E-state index in [0.717, 1.165) is 22.3 Å². The molecule has 19 heavy (non-hydrogen) atoms. The maximum Gasteiger partial charge on any atom is 0.245 e. The number of nitrogens with one attached hydrogen (secondary N) is 1. The van der Waals surface area contributed by atoms with E-state index in [1.54, 1.807) is 6.92 Å². The molecule has 0 aliphatic carbocycles. The number of anilines is 1. The summed E-state index contributed by atoms with van der Waals surface area (Å²) in [6, 6.07) is 5.75. The van der Waals surface area contributed by atoms with Crippen molar-refractivity contribution >= 4 is 27.5 Å². The molecule has 1 saturated heterocycles. The molecule has 1 fully saturated rings. The molecule has 1 aromatic carbocycles. The van der Waals surface area contributed by atoms with Crippen molar-refractivity contribution in [3.05, 3.63) is 28.2 Å². The Morgan fingerprint density at radius 1 is 1.47 bits per heavy atom. The van der Waals surface area contributed by atoms with Gasteiger partial charge in [0.1, 0.15) is 5.54 Å². The Morgan fingerprint density at radius 3 is 2.74 bits per heavy atom. The number of rotatable bonds is 2. The van der Waals surface area contributed by atoms with Crippen LogP contribution < -0.4 is 10.2 Å². The minimum Gasteiger partial charge on any atom is -0.389 e. The molecule has 0 saturated carbocycles. The minimum atomic E-state index is -0.576. The number of halogens is 1. The van der Waals surface area contributed by atoms with Crippen molar-refractivity contribution in [1.82, 2.24) is 5.32 Å². The molecular weight excluding hydrogens is 308 g/mol. The Morgan fingerprint density at radius 2 is 2.16 bits per heavy atom. The third-order valence-electron chi connectivity index (χ3n) is 3.60. The fraction of sp³-hybridized carbons (Fsp3) is 0.500. The molecule has 0 aromatic heterocycles. The highest BCUT2D eigenvalue weighted by Crippen LogP contribution is 2.34. The lowest BCUT2D eigenvalue weighted by atomic mass is 9.97. The Bertz CT molecular complexity index is 500. The van der Waals surface area contributed by atoms with Gasteiger partial charge in [-0.1, -0.05) is 6.07 Å². The second-order valence-corrected chi connectivity index (χ2v) is 6.21. The Balaban J connectivity index is 2.38. The number of hydrogen-bond donors (Lipinski definition) is 2. The minimum absolute atomic E-state index is 0.0326. The van der Waals surface area contributed by atoms with Gasteiger partial charge in [-0.25, -0.2) is 0 Å². The number of piperazine rings is 1. The predicted molar refractivity (Wildman–Crippen MR) is 79.2 cm³/mol. The van der Waals surface area contributed by atoms with Crippen LogP contribution in [0.5, 0.6) is 0 Å². The van der Waals surface area contributed by atoms with Crippen LogP contribution in [0.15, 0.2) is 22.7 Å². The first-order valence-corrected chi connectivity index (χ1v) is 7.17. The second-order valence-electron chi connectivity index (χ2n) is 5.35. The largest absolute Gasteiger partial charge is 0.389 e. The molecule has 2 rings (SSSR count). The van der Waals surface area contributed by atoms with Gasteiger partial charge in [-0.3, -0.25) is 4.79 Å². The van der Waals surface area contributed by atoms with E-state index in [1.807, 2.05) is 32.0 Å². The van der Waals surface area contributed by atoms with E-state index >= 15 is 0 Å². The van der Waals surface area contributed by atoms with E-state index in [-0.39, 0.29) is 5.91 Å². The number of carbonyl (C=O) groups excluding carboxylic acids is 1. The van der Waals surface area contributed by atoms with E-state index in [9.17, 15) is 9.90 Å². The lowest BCUT2D eigenvalue weighted by Gasteiger charge is -2.43. The van der Waals surface area contributed by atoms with Gasteiger partial charge in [-0.05, 0) is 54.4 Å². The summed E-state index contributed by atoms with van der Waals surface area (Å²) in [5, 5.41) is 12.5. The number of hydrogen-bond acceptors (Lipinski definition) is 3. The van der Waals surface area contributed by atoms with Crippen molar-refractivity contribution < 1.29 is 9.90 Å². The van der Waals surface area contributed by atoms with Gasteiger partial charge in [0.25, 0.3) is 0 Å². The molecule has 1 aliphatic heterocycles. The van der Waals surface area contributed by atoms with Crippen LogP contribution in [0.4, 0.5) is 5.69 Å². The van der Waals surface area contributed by atoms with Gasteiger partial charge in [0.05, 0.1) is 11.8 Å². The van der Waals surface area contributed by atoms with Crippen molar-refractivity contribution in [3.8, 4) is 0 Å². The number of aliphatic hydroxyl groups excluding tert-OH is 1. The summed E-state index contributed by atoms with van der Waals surface area (Å²) in [5.74, 6) is 0.0326. The molecule has 1 atom stereocenters. The molecule has 0 radical (unpaired) electrons. The predicted octanol–water partition coefficient (Wildman–Crippen LogP) is 2.22. The maximum absolute atomic E-state index is 12.0. The molecule has 0 bridgehead atoms. The third kappa shape index (κ3) is 2.62. The van der Waals surface area contributed by atoms with Gasteiger partial charge in [-0.15, -0.1) is 0 Å². The summed E-state index contributed by atoms with van der Waals surface area (Å²) in [7, 11) is 0. The lowest BCUT2D eigenvalue weighted by Crippen LogP contribution is -2.62. The molecule has 1 aliphatic rings. The van der Waals surface area contributed by atoms with E-state index < -0.39 is 11.6 Å². The van der Waals surface area contributed by atoms with Crippen LogP contribution in [0.3, 0.4) is 0 Å². The van der Waals surface area contributed by atoms with Gasteiger partial charge in [-0.2, -0.15) is 0 Å². The van der Waals surface area contributed by atoms with Crippen molar-refractivity contribution in [2.45, 2.75) is 32.4 Å². The molecule has 2 N–H and O–H groups in total. The molecule has 5 heteroatoms. The molecule has 1 aromatic rings. The molecular formula is C14H19BrN2O2. The molecule has 104 valence electrons. The number of aliphatic hydroxyl groups is 1.